The number of carbonyl (C=O) groups is 1. The summed E-state index contributed by atoms with van der Waals surface area (Å²) in [6.45, 7) is 1.32. The maximum absolute atomic E-state index is 11.1. The van der Waals surface area contributed by atoms with Crippen LogP contribution in [0.4, 0.5) is 5.69 Å². The molecule has 1 unspecified atom stereocenters. The topological polar surface area (TPSA) is 60.8 Å². The number of carboxylic acids is 1. The summed E-state index contributed by atoms with van der Waals surface area (Å²) in [5.74, 6) is -1.11. The Labute approximate surface area is 114 Å². The van der Waals surface area contributed by atoms with Crippen LogP contribution in [0.3, 0.4) is 0 Å². The van der Waals surface area contributed by atoms with Gasteiger partial charge in [-0.1, -0.05) is 22.0 Å². The van der Waals surface area contributed by atoms with Crippen molar-refractivity contribution < 1.29 is 15.0 Å². The highest BCUT2D eigenvalue weighted by Gasteiger charge is 2.37. The van der Waals surface area contributed by atoms with E-state index in [2.05, 4.69) is 20.8 Å². The second-order valence-corrected chi connectivity index (χ2v) is 5.57. The largest absolute Gasteiger partial charge is 0.479 e. The molecule has 0 amide bonds. The summed E-state index contributed by atoms with van der Waals surface area (Å²) in [5.41, 5.74) is -0.514. The van der Waals surface area contributed by atoms with Gasteiger partial charge in [0.1, 0.15) is 0 Å². The lowest BCUT2D eigenvalue weighted by Gasteiger charge is -2.24. The molecule has 1 aromatic carbocycles. The minimum Gasteiger partial charge on any atom is -0.479 e. The first-order chi connectivity index (χ1) is 8.51. The molecular formula is C13H16BrNO3. The third-order valence-corrected chi connectivity index (χ3v) is 3.88. The van der Waals surface area contributed by atoms with Gasteiger partial charge in [0.15, 0.2) is 5.60 Å². The molecule has 1 fully saturated rings. The Kier molecular flexibility index (Phi) is 3.92. The normalized spacial score (nSPS) is 24.7. The monoisotopic (exact) mass is 313 g/mol. The molecule has 0 aromatic heterocycles. The Balaban J connectivity index is 2.12. The molecule has 0 radical (unpaired) electrons. The molecule has 2 N–H and O–H groups in total. The van der Waals surface area contributed by atoms with Gasteiger partial charge < -0.3 is 15.1 Å². The summed E-state index contributed by atoms with van der Waals surface area (Å²) in [5, 5.41) is 19.1. The van der Waals surface area contributed by atoms with E-state index in [1.54, 1.807) is 0 Å². The molecule has 4 nitrogen and oxygen atoms in total. The smallest absolute Gasteiger partial charge is 0.335 e. The summed E-state index contributed by atoms with van der Waals surface area (Å²) in [7, 11) is 0. The Morgan fingerprint density at radius 2 is 2.11 bits per heavy atom. The van der Waals surface area contributed by atoms with Crippen molar-refractivity contribution in [1.29, 1.82) is 0 Å². The Bertz CT molecular complexity index is 452. The first-order valence-electron chi connectivity index (χ1n) is 5.97. The lowest BCUT2D eigenvalue weighted by atomic mass is 9.95. The van der Waals surface area contributed by atoms with Crippen LogP contribution >= 0.6 is 15.9 Å². The number of benzene rings is 1. The van der Waals surface area contributed by atoms with Crippen LogP contribution in [0.15, 0.2) is 28.7 Å². The van der Waals surface area contributed by atoms with Gasteiger partial charge in [-0.25, -0.2) is 4.79 Å². The quantitative estimate of drug-likeness (QED) is 0.879. The number of aliphatic carboxylic acids is 1. The van der Waals surface area contributed by atoms with E-state index in [0.29, 0.717) is 19.4 Å². The zero-order chi connectivity index (χ0) is 13.2. The van der Waals surface area contributed by atoms with Crippen LogP contribution in [0.1, 0.15) is 19.3 Å². The van der Waals surface area contributed by atoms with Crippen LogP contribution in [0.2, 0.25) is 0 Å². The van der Waals surface area contributed by atoms with E-state index < -0.39 is 11.6 Å². The average molecular weight is 314 g/mol. The van der Waals surface area contributed by atoms with Gasteiger partial charge in [0.2, 0.25) is 0 Å². The predicted molar refractivity (Wildman–Crippen MR) is 72.8 cm³/mol. The SMILES string of the molecule is O=C(O)C1(O)CCCN(c2cccc(Br)c2)CC1. The summed E-state index contributed by atoms with van der Waals surface area (Å²) in [6.07, 6.45) is 1.25. The number of nitrogens with zero attached hydrogens (tertiary/aromatic N) is 1. The van der Waals surface area contributed by atoms with Gasteiger partial charge in [-0.2, -0.15) is 0 Å². The first kappa shape index (κ1) is 13.4. The highest BCUT2D eigenvalue weighted by molar-refractivity contribution is 9.10. The third kappa shape index (κ3) is 2.84. The molecule has 1 aliphatic rings. The van der Waals surface area contributed by atoms with Gasteiger partial charge in [-0.15, -0.1) is 0 Å². The Hall–Kier alpha value is -1.07. The number of halogens is 1. The fraction of sp³-hybridized carbons (Fsp3) is 0.462. The van der Waals surface area contributed by atoms with E-state index in [0.717, 1.165) is 16.7 Å². The summed E-state index contributed by atoms with van der Waals surface area (Å²) in [4.78, 5) is 13.2. The molecule has 98 valence electrons. The zero-order valence-electron chi connectivity index (χ0n) is 9.97. The van der Waals surface area contributed by atoms with Crippen LogP contribution in [0.5, 0.6) is 0 Å². The standard InChI is InChI=1S/C13H16BrNO3/c14-10-3-1-4-11(9-10)15-7-2-5-13(18,6-8-15)12(16)17/h1,3-4,9,18H,2,5-8H2,(H,16,17). The van der Waals surface area contributed by atoms with Crippen molar-refractivity contribution in [2.75, 3.05) is 18.0 Å². The van der Waals surface area contributed by atoms with Gasteiger partial charge in [-0.3, -0.25) is 0 Å². The fourth-order valence-corrected chi connectivity index (χ4v) is 2.65. The molecule has 18 heavy (non-hydrogen) atoms. The molecule has 0 spiro atoms. The van der Waals surface area contributed by atoms with E-state index in [1.165, 1.54) is 0 Å². The van der Waals surface area contributed by atoms with Crippen LogP contribution in [0, 0.1) is 0 Å². The van der Waals surface area contributed by atoms with Gasteiger partial charge >= 0.3 is 5.97 Å². The van der Waals surface area contributed by atoms with Gasteiger partial charge in [-0.05, 0) is 31.0 Å². The number of carboxylic acid groups (broad SMARTS) is 1. The number of aliphatic hydroxyl groups is 1. The number of anilines is 1. The molecule has 0 aliphatic carbocycles. The number of hydrogen-bond acceptors (Lipinski definition) is 3. The molecule has 1 saturated heterocycles. The van der Waals surface area contributed by atoms with Gasteiger partial charge in [0.05, 0.1) is 0 Å². The zero-order valence-corrected chi connectivity index (χ0v) is 11.6. The minimum atomic E-state index is -1.57. The van der Waals surface area contributed by atoms with Crippen molar-refractivity contribution in [2.45, 2.75) is 24.9 Å². The average Bonchev–Trinajstić information content (AvgIpc) is 2.52. The van der Waals surface area contributed by atoms with E-state index in [1.807, 2.05) is 24.3 Å². The molecular weight excluding hydrogens is 298 g/mol. The van der Waals surface area contributed by atoms with Crippen molar-refractivity contribution in [1.82, 2.24) is 0 Å². The molecule has 0 saturated carbocycles. The molecule has 5 heteroatoms. The Morgan fingerprint density at radius 3 is 2.78 bits per heavy atom. The second-order valence-electron chi connectivity index (χ2n) is 4.66. The van der Waals surface area contributed by atoms with Crippen molar-refractivity contribution >= 4 is 27.6 Å². The number of hydrogen-bond donors (Lipinski definition) is 2. The van der Waals surface area contributed by atoms with E-state index >= 15 is 0 Å². The molecule has 1 atom stereocenters. The first-order valence-corrected chi connectivity index (χ1v) is 6.77. The van der Waals surface area contributed by atoms with E-state index in [4.69, 9.17) is 5.11 Å². The number of rotatable bonds is 2. The molecule has 0 bridgehead atoms. The molecule has 1 aliphatic heterocycles. The van der Waals surface area contributed by atoms with Crippen LogP contribution < -0.4 is 4.90 Å². The third-order valence-electron chi connectivity index (χ3n) is 3.39. The van der Waals surface area contributed by atoms with E-state index in [-0.39, 0.29) is 6.42 Å². The molecule has 1 heterocycles. The van der Waals surface area contributed by atoms with Crippen LogP contribution in [0.25, 0.3) is 0 Å². The molecule has 2 rings (SSSR count). The van der Waals surface area contributed by atoms with Crippen molar-refractivity contribution in [3.8, 4) is 0 Å². The van der Waals surface area contributed by atoms with Gasteiger partial charge in [0, 0.05) is 29.7 Å². The lowest BCUT2D eigenvalue weighted by Crippen LogP contribution is -2.39. The Morgan fingerprint density at radius 1 is 1.33 bits per heavy atom. The lowest BCUT2D eigenvalue weighted by molar-refractivity contribution is -0.159. The summed E-state index contributed by atoms with van der Waals surface area (Å²) in [6, 6.07) is 7.91. The van der Waals surface area contributed by atoms with Crippen molar-refractivity contribution in [2.24, 2.45) is 0 Å². The van der Waals surface area contributed by atoms with Crippen molar-refractivity contribution in [3.05, 3.63) is 28.7 Å². The predicted octanol–water partition coefficient (Wildman–Crippen LogP) is 2.26. The maximum Gasteiger partial charge on any atom is 0.335 e. The highest BCUT2D eigenvalue weighted by atomic mass is 79.9. The summed E-state index contributed by atoms with van der Waals surface area (Å²) < 4.78 is 0.998. The highest BCUT2D eigenvalue weighted by Crippen LogP contribution is 2.27. The molecule has 1 aromatic rings. The second kappa shape index (κ2) is 5.28. The van der Waals surface area contributed by atoms with E-state index in [9.17, 15) is 9.90 Å². The summed E-state index contributed by atoms with van der Waals surface area (Å²) >= 11 is 3.42. The van der Waals surface area contributed by atoms with Crippen molar-refractivity contribution in [3.63, 3.8) is 0 Å². The van der Waals surface area contributed by atoms with Crippen LogP contribution in [-0.2, 0) is 4.79 Å². The van der Waals surface area contributed by atoms with Gasteiger partial charge in [0.25, 0.3) is 0 Å². The maximum atomic E-state index is 11.1. The fourth-order valence-electron chi connectivity index (χ4n) is 2.26. The minimum absolute atomic E-state index is 0.259. The van der Waals surface area contributed by atoms with Crippen LogP contribution in [-0.4, -0.2) is 34.9 Å².